The number of ether oxygens (including phenoxy) is 1. The molecule has 25 heavy (non-hydrogen) atoms. The Morgan fingerprint density at radius 3 is 2.60 bits per heavy atom. The number of methoxy groups -OCH3 is 1. The molecule has 0 aliphatic rings. The van der Waals surface area contributed by atoms with Crippen molar-refractivity contribution in [3.05, 3.63) is 44.8 Å². The number of carbonyl (C=O) groups is 1. The Kier molecular flexibility index (Phi) is 6.62. The number of rotatable bonds is 7. The molecule has 136 valence electrons. The number of carbonyl (C=O) groups excluding carboxylic acids is 1. The first-order valence-electron chi connectivity index (χ1n) is 8.44. The molecule has 0 bridgehead atoms. The summed E-state index contributed by atoms with van der Waals surface area (Å²) < 4.78 is 10.1. The largest absolute Gasteiger partial charge is 0.469 e. The summed E-state index contributed by atoms with van der Waals surface area (Å²) in [7, 11) is 1.39. The van der Waals surface area contributed by atoms with E-state index in [4.69, 9.17) is 20.8 Å². The third-order valence-corrected chi connectivity index (χ3v) is 4.71. The zero-order chi connectivity index (χ0) is 18.6. The zero-order valence-electron chi connectivity index (χ0n) is 15.1. The number of benzene rings is 1. The van der Waals surface area contributed by atoms with Gasteiger partial charge in [0.1, 0.15) is 5.58 Å². The molecule has 0 radical (unpaired) electrons. The molecular weight excluding hydrogens is 342 g/mol. The van der Waals surface area contributed by atoms with Crippen molar-refractivity contribution >= 4 is 28.5 Å². The molecule has 1 atom stereocenters. The molecule has 0 saturated heterocycles. The van der Waals surface area contributed by atoms with Gasteiger partial charge in [-0.3, -0.25) is 9.69 Å². The van der Waals surface area contributed by atoms with Crippen LogP contribution in [0.3, 0.4) is 0 Å². The second-order valence-corrected chi connectivity index (χ2v) is 6.54. The molecule has 1 aromatic heterocycles. The predicted molar refractivity (Wildman–Crippen MR) is 99.0 cm³/mol. The van der Waals surface area contributed by atoms with E-state index in [9.17, 15) is 9.59 Å². The number of hydrogen-bond acceptors (Lipinski definition) is 5. The van der Waals surface area contributed by atoms with E-state index < -0.39 is 0 Å². The summed E-state index contributed by atoms with van der Waals surface area (Å²) >= 11 is 6.34. The Morgan fingerprint density at radius 1 is 1.28 bits per heavy atom. The van der Waals surface area contributed by atoms with Crippen LogP contribution < -0.4 is 5.63 Å². The minimum atomic E-state index is -0.385. The summed E-state index contributed by atoms with van der Waals surface area (Å²) in [6.07, 6.45) is 0.764. The highest BCUT2D eigenvalue weighted by Crippen LogP contribution is 2.27. The van der Waals surface area contributed by atoms with E-state index in [0.29, 0.717) is 23.7 Å². The van der Waals surface area contributed by atoms with Crippen molar-refractivity contribution in [3.8, 4) is 0 Å². The average molecular weight is 366 g/mol. The Bertz CT molecular complexity index is 815. The maximum absolute atomic E-state index is 11.9. The van der Waals surface area contributed by atoms with Gasteiger partial charge in [-0.1, -0.05) is 32.4 Å². The molecule has 0 N–H and O–H groups in total. The van der Waals surface area contributed by atoms with Crippen molar-refractivity contribution in [2.24, 2.45) is 5.92 Å². The van der Waals surface area contributed by atoms with Crippen LogP contribution in [-0.4, -0.2) is 31.1 Å². The first kappa shape index (κ1) is 19.5. The Labute approximate surface area is 152 Å². The SMILES string of the molecule is CCc1cc2oc(=O)cc(CN(CC)CC(C)C(=O)OC)c2cc1Cl. The molecular formula is C19H24ClNO4. The van der Waals surface area contributed by atoms with E-state index in [-0.39, 0.29) is 17.5 Å². The van der Waals surface area contributed by atoms with E-state index in [1.807, 2.05) is 32.9 Å². The van der Waals surface area contributed by atoms with E-state index in [1.165, 1.54) is 13.2 Å². The number of esters is 1. The van der Waals surface area contributed by atoms with Gasteiger partial charge in [-0.2, -0.15) is 0 Å². The Balaban J connectivity index is 2.37. The Hall–Kier alpha value is -1.85. The summed E-state index contributed by atoms with van der Waals surface area (Å²) in [4.78, 5) is 25.7. The molecule has 2 aromatic rings. The third kappa shape index (κ3) is 4.61. The van der Waals surface area contributed by atoms with Crippen LogP contribution in [0.5, 0.6) is 0 Å². The van der Waals surface area contributed by atoms with Crippen LogP contribution in [0.2, 0.25) is 5.02 Å². The maximum Gasteiger partial charge on any atom is 0.336 e. The van der Waals surface area contributed by atoms with E-state index in [1.54, 1.807) is 0 Å². The number of halogens is 1. The van der Waals surface area contributed by atoms with Gasteiger partial charge in [-0.05, 0) is 36.2 Å². The fourth-order valence-corrected chi connectivity index (χ4v) is 3.20. The first-order chi connectivity index (χ1) is 11.9. The molecule has 0 spiro atoms. The van der Waals surface area contributed by atoms with Gasteiger partial charge in [-0.25, -0.2) is 4.79 Å². The number of aryl methyl sites for hydroxylation is 1. The minimum absolute atomic E-state index is 0.244. The van der Waals surface area contributed by atoms with Gasteiger partial charge < -0.3 is 9.15 Å². The fourth-order valence-electron chi connectivity index (χ4n) is 2.90. The van der Waals surface area contributed by atoms with Crippen LogP contribution in [0.25, 0.3) is 11.0 Å². The lowest BCUT2D eigenvalue weighted by molar-refractivity contribution is -0.145. The Morgan fingerprint density at radius 2 is 2.00 bits per heavy atom. The average Bonchev–Trinajstić information content (AvgIpc) is 2.60. The third-order valence-electron chi connectivity index (χ3n) is 4.35. The molecule has 1 heterocycles. The summed E-state index contributed by atoms with van der Waals surface area (Å²) in [6.45, 7) is 7.66. The van der Waals surface area contributed by atoms with Crippen LogP contribution in [0, 0.1) is 5.92 Å². The topological polar surface area (TPSA) is 59.8 Å². The van der Waals surface area contributed by atoms with Crippen LogP contribution in [0.15, 0.2) is 27.4 Å². The number of hydrogen-bond donors (Lipinski definition) is 0. The van der Waals surface area contributed by atoms with Crippen molar-refractivity contribution in [2.45, 2.75) is 33.7 Å². The fraction of sp³-hybridized carbons (Fsp3) is 0.474. The summed E-state index contributed by atoms with van der Waals surface area (Å²) in [6, 6.07) is 5.18. The van der Waals surface area contributed by atoms with Crippen molar-refractivity contribution < 1.29 is 13.9 Å². The zero-order valence-corrected chi connectivity index (χ0v) is 15.9. The highest BCUT2D eigenvalue weighted by Gasteiger charge is 2.18. The molecule has 0 saturated carbocycles. The standard InChI is InChI=1S/C19H24ClNO4/c1-5-13-7-17-15(9-16(13)20)14(8-18(22)25-17)11-21(6-2)10-12(3)19(23)24-4/h7-9,12H,5-6,10-11H2,1-4H3. The van der Waals surface area contributed by atoms with Crippen molar-refractivity contribution in [3.63, 3.8) is 0 Å². The highest BCUT2D eigenvalue weighted by molar-refractivity contribution is 6.32. The molecule has 0 amide bonds. The lowest BCUT2D eigenvalue weighted by atomic mass is 10.0. The quantitative estimate of drug-likeness (QED) is 0.553. The van der Waals surface area contributed by atoms with E-state index in [0.717, 1.165) is 29.5 Å². The van der Waals surface area contributed by atoms with Crippen molar-refractivity contribution in [2.75, 3.05) is 20.2 Å². The molecule has 0 fully saturated rings. The number of nitrogens with zero attached hydrogens (tertiary/aromatic N) is 1. The molecule has 6 heteroatoms. The minimum Gasteiger partial charge on any atom is -0.469 e. The van der Waals surface area contributed by atoms with Gasteiger partial charge >= 0.3 is 11.6 Å². The molecule has 1 aromatic carbocycles. The van der Waals surface area contributed by atoms with Crippen LogP contribution in [0.1, 0.15) is 31.9 Å². The smallest absolute Gasteiger partial charge is 0.336 e. The highest BCUT2D eigenvalue weighted by atomic mass is 35.5. The van der Waals surface area contributed by atoms with E-state index >= 15 is 0 Å². The second-order valence-electron chi connectivity index (χ2n) is 6.14. The first-order valence-corrected chi connectivity index (χ1v) is 8.82. The summed E-state index contributed by atoms with van der Waals surface area (Å²) in [5.74, 6) is -0.488. The number of fused-ring (bicyclic) bond motifs is 1. The molecule has 2 rings (SSSR count). The molecule has 5 nitrogen and oxygen atoms in total. The van der Waals surface area contributed by atoms with Crippen LogP contribution >= 0.6 is 11.6 Å². The normalized spacial score (nSPS) is 12.6. The second kappa shape index (κ2) is 8.50. The van der Waals surface area contributed by atoms with Crippen LogP contribution in [0.4, 0.5) is 0 Å². The molecule has 1 unspecified atom stereocenters. The summed E-state index contributed by atoms with van der Waals surface area (Å²) in [5.41, 5.74) is 1.95. The van der Waals surface area contributed by atoms with Gasteiger partial charge in [0.05, 0.1) is 13.0 Å². The van der Waals surface area contributed by atoms with Crippen LogP contribution in [-0.2, 0) is 22.5 Å². The van der Waals surface area contributed by atoms with Gasteiger partial charge in [-0.15, -0.1) is 0 Å². The van der Waals surface area contributed by atoms with Gasteiger partial charge in [0, 0.05) is 29.6 Å². The predicted octanol–water partition coefficient (Wildman–Crippen LogP) is 3.64. The molecule has 0 aliphatic heterocycles. The van der Waals surface area contributed by atoms with Crippen molar-refractivity contribution in [1.29, 1.82) is 0 Å². The monoisotopic (exact) mass is 365 g/mol. The maximum atomic E-state index is 11.9. The lowest BCUT2D eigenvalue weighted by Crippen LogP contribution is -2.32. The summed E-state index contributed by atoms with van der Waals surface area (Å²) in [5, 5.41) is 1.49. The van der Waals surface area contributed by atoms with Gasteiger partial charge in [0.25, 0.3) is 0 Å². The lowest BCUT2D eigenvalue weighted by Gasteiger charge is -2.23. The van der Waals surface area contributed by atoms with Crippen molar-refractivity contribution in [1.82, 2.24) is 4.90 Å². The van der Waals surface area contributed by atoms with E-state index in [2.05, 4.69) is 4.90 Å². The van der Waals surface area contributed by atoms with Gasteiger partial charge in [0.2, 0.25) is 0 Å². The molecule has 0 aliphatic carbocycles. The van der Waals surface area contributed by atoms with Gasteiger partial charge in [0.15, 0.2) is 0 Å².